The van der Waals surface area contributed by atoms with Gasteiger partial charge in [-0.2, -0.15) is 0 Å². The Morgan fingerprint density at radius 2 is 0.771 bits per heavy atom. The average molecular weight is 509 g/mol. The summed E-state index contributed by atoms with van der Waals surface area (Å²) in [5, 5.41) is 6.85. The van der Waals surface area contributed by atoms with Gasteiger partial charge in [0.2, 0.25) is 11.8 Å². The zero-order valence-corrected chi connectivity index (χ0v) is 24.1. The number of hydrogen-bond acceptors (Lipinski definition) is 4. The van der Waals surface area contributed by atoms with E-state index in [9.17, 15) is 9.59 Å². The van der Waals surface area contributed by atoms with E-state index in [0.717, 1.165) is 52.4 Å². The molecule has 4 saturated heterocycles. The number of likely N-dealkylation sites (tertiary alicyclic amines) is 2. The maximum absolute atomic E-state index is 12.6. The van der Waals surface area contributed by atoms with Crippen LogP contribution in [0.2, 0.25) is 0 Å². The highest BCUT2D eigenvalue weighted by Gasteiger charge is 2.70. The van der Waals surface area contributed by atoms with E-state index in [1.165, 1.54) is 0 Å². The molecule has 7 heteroatoms. The zero-order valence-electron chi connectivity index (χ0n) is 23.2. The molecule has 4 atom stereocenters. The van der Waals surface area contributed by atoms with E-state index in [1.54, 1.807) is 0 Å². The number of fused-ring (bicyclic) bond motifs is 2. The summed E-state index contributed by atoms with van der Waals surface area (Å²) in [5.41, 5.74) is 0.722. The number of rotatable bonds is 2. The third-order valence-corrected chi connectivity index (χ3v) is 11.9. The van der Waals surface area contributed by atoms with Gasteiger partial charge < -0.3 is 20.4 Å². The number of hydrogen-bond donors (Lipinski definition) is 2. The molecular formula is C28H49ClN4O2. The van der Waals surface area contributed by atoms with Gasteiger partial charge in [0.15, 0.2) is 0 Å². The van der Waals surface area contributed by atoms with Crippen LogP contribution in [-0.2, 0) is 9.59 Å². The lowest BCUT2D eigenvalue weighted by atomic mass is 10.0. The maximum atomic E-state index is 12.6. The zero-order chi connectivity index (χ0) is 24.8. The molecule has 0 radical (unpaired) electrons. The van der Waals surface area contributed by atoms with Crippen LogP contribution < -0.4 is 10.6 Å². The Labute approximate surface area is 219 Å². The van der Waals surface area contributed by atoms with Gasteiger partial charge in [-0.3, -0.25) is 9.59 Å². The predicted molar refractivity (Wildman–Crippen MR) is 142 cm³/mol. The summed E-state index contributed by atoms with van der Waals surface area (Å²) in [6.07, 6.45) is 0. The highest BCUT2D eigenvalue weighted by molar-refractivity contribution is 5.85. The van der Waals surface area contributed by atoms with Crippen molar-refractivity contribution < 1.29 is 9.59 Å². The molecule has 200 valence electrons. The monoisotopic (exact) mass is 508 g/mol. The van der Waals surface area contributed by atoms with Crippen molar-refractivity contribution in [3.8, 4) is 0 Å². The SMILES string of the molecule is CC1(C)C(C(=O)N2CC3CNCC3C2)C1(C)C.CC1(C)C(C(=O)N2CC3CNCC3C2)C1(C)C.Cl. The van der Waals surface area contributed by atoms with Crippen molar-refractivity contribution in [3.05, 3.63) is 0 Å². The lowest BCUT2D eigenvalue weighted by Gasteiger charge is -2.18. The molecule has 35 heavy (non-hydrogen) atoms. The second-order valence-electron chi connectivity index (χ2n) is 14.6. The van der Waals surface area contributed by atoms with Gasteiger partial charge in [-0.05, 0) is 45.3 Å². The van der Waals surface area contributed by atoms with Gasteiger partial charge in [0.05, 0.1) is 0 Å². The molecule has 2 aliphatic carbocycles. The highest BCUT2D eigenvalue weighted by atomic mass is 35.5. The number of halogens is 1. The number of carbonyl (C=O) groups is 2. The summed E-state index contributed by atoms with van der Waals surface area (Å²) in [5.74, 6) is 4.15. The van der Waals surface area contributed by atoms with E-state index in [2.05, 4.69) is 75.8 Å². The molecule has 2 saturated carbocycles. The Hall–Kier alpha value is -0.850. The Kier molecular flexibility index (Phi) is 6.68. The largest absolute Gasteiger partial charge is 0.342 e. The summed E-state index contributed by atoms with van der Waals surface area (Å²) in [7, 11) is 0. The Morgan fingerprint density at radius 3 is 0.971 bits per heavy atom. The molecule has 6 aliphatic rings. The van der Waals surface area contributed by atoms with Gasteiger partial charge in [0, 0.05) is 64.2 Å². The summed E-state index contributed by atoms with van der Waals surface area (Å²) >= 11 is 0. The van der Waals surface area contributed by atoms with Crippen molar-refractivity contribution in [2.75, 3.05) is 52.4 Å². The van der Waals surface area contributed by atoms with E-state index < -0.39 is 0 Å². The van der Waals surface area contributed by atoms with Crippen molar-refractivity contribution in [2.24, 2.45) is 57.2 Å². The molecular weight excluding hydrogens is 460 g/mol. The molecule has 0 aromatic rings. The first-order valence-corrected chi connectivity index (χ1v) is 13.7. The molecule has 0 spiro atoms. The number of amides is 2. The maximum Gasteiger partial charge on any atom is 0.226 e. The summed E-state index contributed by atoms with van der Waals surface area (Å²) < 4.78 is 0. The summed E-state index contributed by atoms with van der Waals surface area (Å²) in [4.78, 5) is 29.4. The topological polar surface area (TPSA) is 64.7 Å². The minimum absolute atomic E-state index is 0. The fourth-order valence-corrected chi connectivity index (χ4v) is 8.06. The van der Waals surface area contributed by atoms with E-state index in [4.69, 9.17) is 0 Å². The van der Waals surface area contributed by atoms with Crippen LogP contribution in [-0.4, -0.2) is 74.0 Å². The molecule has 6 rings (SSSR count). The van der Waals surface area contributed by atoms with Crippen LogP contribution in [0.1, 0.15) is 55.4 Å². The van der Waals surface area contributed by atoms with Crippen LogP contribution in [0.3, 0.4) is 0 Å². The van der Waals surface area contributed by atoms with Gasteiger partial charge >= 0.3 is 0 Å². The lowest BCUT2D eigenvalue weighted by Crippen LogP contribution is -2.34. The molecule has 4 heterocycles. The van der Waals surface area contributed by atoms with Gasteiger partial charge in [-0.25, -0.2) is 0 Å². The van der Waals surface area contributed by atoms with E-state index in [-0.39, 0.29) is 45.9 Å². The smallest absolute Gasteiger partial charge is 0.226 e. The highest BCUT2D eigenvalue weighted by Crippen LogP contribution is 2.69. The average Bonchev–Trinajstić information content (AvgIpc) is 3.27. The lowest BCUT2D eigenvalue weighted by molar-refractivity contribution is -0.133. The number of carbonyl (C=O) groups excluding carboxylic acids is 2. The van der Waals surface area contributed by atoms with Gasteiger partial charge in [0.25, 0.3) is 0 Å². The molecule has 0 aromatic heterocycles. The van der Waals surface area contributed by atoms with E-state index in [1.807, 2.05) is 0 Å². The molecule has 0 bridgehead atoms. The van der Waals surface area contributed by atoms with Crippen molar-refractivity contribution in [1.82, 2.24) is 20.4 Å². The first-order chi connectivity index (χ1) is 15.7. The van der Waals surface area contributed by atoms with Crippen LogP contribution in [0.15, 0.2) is 0 Å². The minimum Gasteiger partial charge on any atom is -0.342 e. The molecule has 6 nitrogen and oxygen atoms in total. The van der Waals surface area contributed by atoms with Gasteiger partial charge in [-0.1, -0.05) is 55.4 Å². The van der Waals surface area contributed by atoms with E-state index in [0.29, 0.717) is 35.5 Å². The van der Waals surface area contributed by atoms with E-state index >= 15 is 0 Å². The van der Waals surface area contributed by atoms with Crippen molar-refractivity contribution in [2.45, 2.75) is 55.4 Å². The van der Waals surface area contributed by atoms with Crippen LogP contribution in [0.25, 0.3) is 0 Å². The van der Waals surface area contributed by atoms with Crippen LogP contribution in [0, 0.1) is 57.2 Å². The van der Waals surface area contributed by atoms with Crippen LogP contribution in [0.5, 0.6) is 0 Å². The molecule has 4 unspecified atom stereocenters. The third-order valence-electron chi connectivity index (χ3n) is 11.9. The van der Waals surface area contributed by atoms with Crippen molar-refractivity contribution >= 4 is 24.2 Å². The van der Waals surface area contributed by atoms with Gasteiger partial charge in [0.1, 0.15) is 0 Å². The Balaban J connectivity index is 0.000000160. The molecule has 6 fully saturated rings. The Bertz CT molecular complexity index is 747. The second-order valence-corrected chi connectivity index (χ2v) is 14.6. The normalized spacial score (nSPS) is 37.1. The summed E-state index contributed by atoms with van der Waals surface area (Å²) in [6, 6.07) is 0. The summed E-state index contributed by atoms with van der Waals surface area (Å²) in [6.45, 7) is 26.2. The second kappa shape index (κ2) is 8.59. The Morgan fingerprint density at radius 1 is 0.543 bits per heavy atom. The van der Waals surface area contributed by atoms with Crippen molar-refractivity contribution in [1.29, 1.82) is 0 Å². The molecule has 4 aliphatic heterocycles. The number of nitrogens with zero attached hydrogens (tertiary/aromatic N) is 2. The third kappa shape index (κ3) is 4.05. The molecule has 2 amide bonds. The molecule has 2 N–H and O–H groups in total. The first-order valence-electron chi connectivity index (χ1n) is 13.7. The van der Waals surface area contributed by atoms with Gasteiger partial charge in [-0.15, -0.1) is 12.4 Å². The van der Waals surface area contributed by atoms with Crippen molar-refractivity contribution in [3.63, 3.8) is 0 Å². The quantitative estimate of drug-likeness (QED) is 0.601. The van der Waals surface area contributed by atoms with Crippen LogP contribution in [0.4, 0.5) is 0 Å². The van der Waals surface area contributed by atoms with Crippen LogP contribution >= 0.6 is 12.4 Å². The minimum atomic E-state index is 0. The number of nitrogens with one attached hydrogen (secondary N) is 2. The molecule has 0 aromatic carbocycles. The fraction of sp³-hybridized carbons (Fsp3) is 0.929. The standard InChI is InChI=1S/2C14H24N2O.ClH/c2*1-13(2)11(14(13,3)4)12(17)16-7-9-5-15-6-10(9)8-16;/h2*9-11,15H,5-8H2,1-4H3;1H. The fourth-order valence-electron chi connectivity index (χ4n) is 8.06. The predicted octanol–water partition coefficient (Wildman–Crippen LogP) is 3.11. The first kappa shape index (κ1) is 27.2.